The Hall–Kier alpha value is -4.32. The van der Waals surface area contributed by atoms with Crippen LogP contribution in [0, 0.1) is 0 Å². The number of amides is 1. The molecule has 4 aromatic carbocycles. The van der Waals surface area contributed by atoms with E-state index in [1.165, 1.54) is 5.39 Å². The number of rotatable bonds is 8. The quantitative estimate of drug-likeness (QED) is 0.225. The topological polar surface area (TPSA) is 85.9 Å². The molecule has 3 N–H and O–H groups in total. The van der Waals surface area contributed by atoms with E-state index in [1.807, 2.05) is 43.3 Å². The Balaban J connectivity index is 1.46. The minimum absolute atomic E-state index is 0.371. The first-order valence-electron chi connectivity index (χ1n) is 10.7. The SMILES string of the molecule is CCOc1cc(/C=N\NC(=O)c2ccccc2N)ccc1OCc1cccc2ccccc12. The summed E-state index contributed by atoms with van der Waals surface area (Å²) in [5, 5.41) is 6.38. The van der Waals surface area contributed by atoms with Crippen LogP contribution in [0.3, 0.4) is 0 Å². The van der Waals surface area contributed by atoms with E-state index in [0.717, 1.165) is 16.5 Å². The van der Waals surface area contributed by atoms with E-state index in [0.29, 0.717) is 36.0 Å². The molecule has 4 rings (SSSR count). The van der Waals surface area contributed by atoms with Gasteiger partial charge in [-0.15, -0.1) is 0 Å². The molecule has 0 aliphatic heterocycles. The molecule has 1 amide bonds. The molecule has 0 aliphatic rings. The predicted molar refractivity (Wildman–Crippen MR) is 132 cm³/mol. The van der Waals surface area contributed by atoms with Crippen LogP contribution >= 0.6 is 0 Å². The van der Waals surface area contributed by atoms with Crippen LogP contribution in [-0.2, 0) is 6.61 Å². The number of nitrogens with one attached hydrogen (secondary N) is 1. The molecule has 166 valence electrons. The fourth-order valence-corrected chi connectivity index (χ4v) is 3.50. The molecule has 4 aromatic rings. The molecule has 6 heteroatoms. The van der Waals surface area contributed by atoms with E-state index in [1.54, 1.807) is 30.5 Å². The molecule has 0 heterocycles. The van der Waals surface area contributed by atoms with E-state index in [-0.39, 0.29) is 5.91 Å². The summed E-state index contributed by atoms with van der Waals surface area (Å²) in [6.07, 6.45) is 1.55. The highest BCUT2D eigenvalue weighted by Gasteiger charge is 2.09. The van der Waals surface area contributed by atoms with E-state index in [4.69, 9.17) is 15.2 Å². The molecule has 0 saturated carbocycles. The standard InChI is InChI=1S/C27H25N3O3/c1-2-32-26-16-19(17-29-30-27(31)23-12-5-6-13-24(23)28)14-15-25(26)33-18-21-10-7-9-20-8-3-4-11-22(20)21/h3-17H,2,18,28H2,1H3,(H,30,31)/b29-17-. The van der Waals surface area contributed by atoms with Crippen LogP contribution in [0.4, 0.5) is 5.69 Å². The number of carbonyl (C=O) groups is 1. The van der Waals surface area contributed by atoms with Gasteiger partial charge in [0, 0.05) is 5.69 Å². The Labute approximate surface area is 192 Å². The van der Waals surface area contributed by atoms with Crippen LogP contribution in [0.25, 0.3) is 10.8 Å². The van der Waals surface area contributed by atoms with Crippen molar-refractivity contribution < 1.29 is 14.3 Å². The number of nitrogen functional groups attached to an aromatic ring is 1. The third kappa shape index (κ3) is 5.30. The number of hydrogen-bond donors (Lipinski definition) is 2. The molecule has 33 heavy (non-hydrogen) atoms. The molecule has 0 radical (unpaired) electrons. The van der Waals surface area contributed by atoms with Crippen LogP contribution < -0.4 is 20.6 Å². The molecule has 0 bridgehead atoms. The van der Waals surface area contributed by atoms with Crippen LogP contribution in [-0.4, -0.2) is 18.7 Å². The number of hydrazone groups is 1. The first-order valence-corrected chi connectivity index (χ1v) is 10.7. The van der Waals surface area contributed by atoms with Crippen LogP contribution in [0.1, 0.15) is 28.4 Å². The van der Waals surface area contributed by atoms with Gasteiger partial charge in [0.1, 0.15) is 6.61 Å². The van der Waals surface area contributed by atoms with Crippen molar-refractivity contribution in [1.82, 2.24) is 5.43 Å². The van der Waals surface area contributed by atoms with Crippen molar-refractivity contribution in [3.63, 3.8) is 0 Å². The maximum Gasteiger partial charge on any atom is 0.273 e. The highest BCUT2D eigenvalue weighted by molar-refractivity contribution is 5.99. The lowest BCUT2D eigenvalue weighted by molar-refractivity contribution is 0.0956. The number of carbonyl (C=O) groups excluding carboxylic acids is 1. The Morgan fingerprint density at radius 2 is 1.73 bits per heavy atom. The second-order valence-corrected chi connectivity index (χ2v) is 7.35. The van der Waals surface area contributed by atoms with Gasteiger partial charge in [-0.3, -0.25) is 4.79 Å². The third-order valence-corrected chi connectivity index (χ3v) is 5.12. The number of para-hydroxylation sites is 1. The minimum Gasteiger partial charge on any atom is -0.490 e. The second kappa shape index (κ2) is 10.3. The Kier molecular flexibility index (Phi) is 6.85. The Bertz CT molecular complexity index is 1300. The molecule has 0 aromatic heterocycles. The summed E-state index contributed by atoms with van der Waals surface area (Å²) < 4.78 is 11.9. The van der Waals surface area contributed by atoms with Gasteiger partial charge < -0.3 is 15.2 Å². The van der Waals surface area contributed by atoms with E-state index in [2.05, 4.69) is 34.8 Å². The fraction of sp³-hybridized carbons (Fsp3) is 0.111. The average molecular weight is 440 g/mol. The van der Waals surface area contributed by atoms with E-state index >= 15 is 0 Å². The van der Waals surface area contributed by atoms with Gasteiger partial charge in [0.15, 0.2) is 11.5 Å². The molecule has 6 nitrogen and oxygen atoms in total. The number of fused-ring (bicyclic) bond motifs is 1. The van der Waals surface area contributed by atoms with Crippen LogP contribution in [0.15, 0.2) is 90.0 Å². The lowest BCUT2D eigenvalue weighted by Crippen LogP contribution is -2.19. The van der Waals surface area contributed by atoms with Gasteiger partial charge in [0.2, 0.25) is 0 Å². The highest BCUT2D eigenvalue weighted by Crippen LogP contribution is 2.30. The zero-order chi connectivity index (χ0) is 23.0. The lowest BCUT2D eigenvalue weighted by Gasteiger charge is -2.13. The number of anilines is 1. The predicted octanol–water partition coefficient (Wildman–Crippen LogP) is 5.16. The zero-order valence-corrected chi connectivity index (χ0v) is 18.3. The van der Waals surface area contributed by atoms with E-state index < -0.39 is 0 Å². The summed E-state index contributed by atoms with van der Waals surface area (Å²) in [7, 11) is 0. The van der Waals surface area contributed by atoms with Crippen molar-refractivity contribution >= 4 is 28.6 Å². The van der Waals surface area contributed by atoms with Crippen molar-refractivity contribution in [1.29, 1.82) is 0 Å². The monoisotopic (exact) mass is 439 g/mol. The van der Waals surface area contributed by atoms with Crippen molar-refractivity contribution in [3.05, 3.63) is 102 Å². The van der Waals surface area contributed by atoms with Crippen molar-refractivity contribution in [2.45, 2.75) is 13.5 Å². The number of benzene rings is 4. The first-order chi connectivity index (χ1) is 16.2. The van der Waals surface area contributed by atoms with Crippen molar-refractivity contribution in [2.24, 2.45) is 5.10 Å². The zero-order valence-electron chi connectivity index (χ0n) is 18.3. The van der Waals surface area contributed by atoms with Crippen molar-refractivity contribution in [2.75, 3.05) is 12.3 Å². The molecule has 0 saturated heterocycles. The lowest BCUT2D eigenvalue weighted by atomic mass is 10.1. The first kappa shape index (κ1) is 21.9. The number of hydrogen-bond acceptors (Lipinski definition) is 5. The van der Waals surface area contributed by atoms with Gasteiger partial charge >= 0.3 is 0 Å². The van der Waals surface area contributed by atoms with Gasteiger partial charge in [0.25, 0.3) is 5.91 Å². The third-order valence-electron chi connectivity index (χ3n) is 5.12. The van der Waals surface area contributed by atoms with Gasteiger partial charge in [-0.05, 0) is 59.2 Å². The fourth-order valence-electron chi connectivity index (χ4n) is 3.50. The highest BCUT2D eigenvalue weighted by atomic mass is 16.5. The van der Waals surface area contributed by atoms with Crippen molar-refractivity contribution in [3.8, 4) is 11.5 Å². The summed E-state index contributed by atoms with van der Waals surface area (Å²) in [4.78, 5) is 12.2. The molecular formula is C27H25N3O3. The summed E-state index contributed by atoms with van der Waals surface area (Å²) in [5.74, 6) is 0.882. The smallest absolute Gasteiger partial charge is 0.273 e. The molecule has 0 spiro atoms. The van der Waals surface area contributed by atoms with Crippen LogP contribution in [0.5, 0.6) is 11.5 Å². The summed E-state index contributed by atoms with van der Waals surface area (Å²) in [6, 6.07) is 26.8. The Morgan fingerprint density at radius 1 is 0.939 bits per heavy atom. The second-order valence-electron chi connectivity index (χ2n) is 7.35. The molecule has 0 unspecified atom stereocenters. The number of nitrogens with two attached hydrogens (primary N) is 1. The summed E-state index contributed by atoms with van der Waals surface area (Å²) in [6.45, 7) is 2.83. The molecule has 0 fully saturated rings. The average Bonchev–Trinajstić information content (AvgIpc) is 2.84. The number of ether oxygens (including phenoxy) is 2. The molecular weight excluding hydrogens is 414 g/mol. The summed E-state index contributed by atoms with van der Waals surface area (Å²) >= 11 is 0. The van der Waals surface area contributed by atoms with Crippen LogP contribution in [0.2, 0.25) is 0 Å². The van der Waals surface area contributed by atoms with Gasteiger partial charge in [-0.2, -0.15) is 5.10 Å². The largest absolute Gasteiger partial charge is 0.490 e. The number of nitrogens with zero attached hydrogens (tertiary/aromatic N) is 1. The summed E-state index contributed by atoms with van der Waals surface area (Å²) in [5.41, 5.74) is 11.0. The molecule has 0 aliphatic carbocycles. The Morgan fingerprint density at radius 3 is 2.58 bits per heavy atom. The van der Waals surface area contributed by atoms with Gasteiger partial charge in [0.05, 0.1) is 18.4 Å². The molecule has 0 atom stereocenters. The minimum atomic E-state index is -0.371. The maximum absolute atomic E-state index is 12.2. The normalized spacial score (nSPS) is 10.9. The van der Waals surface area contributed by atoms with E-state index in [9.17, 15) is 4.79 Å². The van der Waals surface area contributed by atoms with Gasteiger partial charge in [-0.1, -0.05) is 54.6 Å². The van der Waals surface area contributed by atoms with Gasteiger partial charge in [-0.25, -0.2) is 5.43 Å². The maximum atomic E-state index is 12.2.